The highest BCUT2D eigenvalue weighted by Gasteiger charge is 2.22. The second-order valence-corrected chi connectivity index (χ2v) is 6.45. The Morgan fingerprint density at radius 3 is 2.64 bits per heavy atom. The van der Waals surface area contributed by atoms with Crippen molar-refractivity contribution in [1.29, 1.82) is 0 Å². The maximum atomic E-state index is 13.4. The molecule has 1 aliphatic rings. The highest BCUT2D eigenvalue weighted by atomic mass is 19.1. The number of hydrogen-bond acceptors (Lipinski definition) is 4. The van der Waals surface area contributed by atoms with Gasteiger partial charge in [0.2, 0.25) is 0 Å². The van der Waals surface area contributed by atoms with Crippen LogP contribution in [0.5, 0.6) is 0 Å². The third kappa shape index (κ3) is 3.78. The van der Waals surface area contributed by atoms with Crippen LogP contribution in [0.1, 0.15) is 33.9 Å². The highest BCUT2D eigenvalue weighted by Crippen LogP contribution is 2.21. The summed E-state index contributed by atoms with van der Waals surface area (Å²) >= 11 is 0. The van der Waals surface area contributed by atoms with Gasteiger partial charge in [-0.25, -0.2) is 14.4 Å². The number of nitrogens with zero attached hydrogens (tertiary/aromatic N) is 4. The summed E-state index contributed by atoms with van der Waals surface area (Å²) in [4.78, 5) is 25.7. The molecule has 132 valence electrons. The molecule has 0 N–H and O–H groups in total. The van der Waals surface area contributed by atoms with Crippen LogP contribution in [0, 0.1) is 26.6 Å². The summed E-state index contributed by atoms with van der Waals surface area (Å²) in [6.45, 7) is 8.72. The van der Waals surface area contributed by atoms with Crippen LogP contribution in [-0.2, 0) is 0 Å². The predicted octanol–water partition coefficient (Wildman–Crippen LogP) is 2.89. The maximum Gasteiger partial charge on any atom is 0.254 e. The van der Waals surface area contributed by atoms with Gasteiger partial charge < -0.3 is 9.80 Å². The van der Waals surface area contributed by atoms with Crippen LogP contribution >= 0.6 is 0 Å². The zero-order valence-corrected chi connectivity index (χ0v) is 14.9. The average Bonchev–Trinajstić information content (AvgIpc) is 2.83. The molecule has 1 saturated heterocycles. The first kappa shape index (κ1) is 17.3. The summed E-state index contributed by atoms with van der Waals surface area (Å²) in [6.07, 6.45) is 0.850. The summed E-state index contributed by atoms with van der Waals surface area (Å²) in [6, 6.07) is 5.88. The Labute approximate surface area is 147 Å². The van der Waals surface area contributed by atoms with E-state index in [1.54, 1.807) is 17.0 Å². The van der Waals surface area contributed by atoms with Gasteiger partial charge in [0, 0.05) is 43.0 Å². The molecule has 0 spiro atoms. The zero-order valence-electron chi connectivity index (χ0n) is 14.9. The van der Waals surface area contributed by atoms with Gasteiger partial charge in [0.1, 0.15) is 17.5 Å². The standard InChI is InChI=1S/C19H23FN4O/c1-13-14(2)21-15(3)22-18(13)23-8-5-9-24(11-10-23)19(25)16-6-4-7-17(20)12-16/h4,6-7,12H,5,8-11H2,1-3H3. The minimum Gasteiger partial charge on any atom is -0.354 e. The third-order valence-corrected chi connectivity index (χ3v) is 4.63. The Morgan fingerprint density at radius 2 is 1.88 bits per heavy atom. The lowest BCUT2D eigenvalue weighted by Gasteiger charge is -2.25. The van der Waals surface area contributed by atoms with E-state index in [-0.39, 0.29) is 11.7 Å². The summed E-state index contributed by atoms with van der Waals surface area (Å²) in [5.41, 5.74) is 2.47. The van der Waals surface area contributed by atoms with Crippen molar-refractivity contribution in [2.24, 2.45) is 0 Å². The topological polar surface area (TPSA) is 49.3 Å². The molecule has 1 aliphatic heterocycles. The maximum absolute atomic E-state index is 13.4. The van der Waals surface area contributed by atoms with Crippen molar-refractivity contribution in [1.82, 2.24) is 14.9 Å². The molecule has 2 heterocycles. The van der Waals surface area contributed by atoms with Crippen LogP contribution in [0.15, 0.2) is 24.3 Å². The molecular weight excluding hydrogens is 319 g/mol. The normalized spacial score (nSPS) is 15.2. The van der Waals surface area contributed by atoms with Crippen LogP contribution in [0.4, 0.5) is 10.2 Å². The second-order valence-electron chi connectivity index (χ2n) is 6.45. The monoisotopic (exact) mass is 342 g/mol. The summed E-state index contributed by atoms with van der Waals surface area (Å²) < 4.78 is 13.4. The molecule has 0 radical (unpaired) electrons. The molecular formula is C19H23FN4O. The number of aromatic nitrogens is 2. The molecule has 1 fully saturated rings. The fraction of sp³-hybridized carbons (Fsp3) is 0.421. The molecule has 3 rings (SSSR count). The fourth-order valence-electron chi connectivity index (χ4n) is 3.19. The summed E-state index contributed by atoms with van der Waals surface area (Å²) in [7, 11) is 0. The molecule has 5 nitrogen and oxygen atoms in total. The van der Waals surface area contributed by atoms with E-state index >= 15 is 0 Å². The highest BCUT2D eigenvalue weighted by molar-refractivity contribution is 5.94. The lowest BCUT2D eigenvalue weighted by Crippen LogP contribution is -2.35. The Morgan fingerprint density at radius 1 is 1.08 bits per heavy atom. The van der Waals surface area contributed by atoms with Gasteiger partial charge in [-0.05, 0) is 45.4 Å². The first-order chi connectivity index (χ1) is 12.0. The summed E-state index contributed by atoms with van der Waals surface area (Å²) in [5, 5.41) is 0. The zero-order chi connectivity index (χ0) is 18.0. The number of rotatable bonds is 2. The van der Waals surface area contributed by atoms with Crippen molar-refractivity contribution in [3.8, 4) is 0 Å². The van der Waals surface area contributed by atoms with Gasteiger partial charge in [-0.2, -0.15) is 0 Å². The molecule has 1 aromatic carbocycles. The molecule has 6 heteroatoms. The van der Waals surface area contributed by atoms with Gasteiger partial charge in [0.15, 0.2) is 0 Å². The molecule has 25 heavy (non-hydrogen) atoms. The van der Waals surface area contributed by atoms with E-state index < -0.39 is 0 Å². The minimum atomic E-state index is -0.384. The van der Waals surface area contributed by atoms with E-state index in [9.17, 15) is 9.18 Å². The van der Waals surface area contributed by atoms with Gasteiger partial charge in [0.05, 0.1) is 0 Å². The second kappa shape index (κ2) is 7.17. The number of carbonyl (C=O) groups is 1. The summed E-state index contributed by atoms with van der Waals surface area (Å²) in [5.74, 6) is 1.21. The number of benzene rings is 1. The number of amides is 1. The lowest BCUT2D eigenvalue weighted by atomic mass is 10.2. The van der Waals surface area contributed by atoms with Crippen LogP contribution in [0.25, 0.3) is 0 Å². The van der Waals surface area contributed by atoms with Crippen LogP contribution < -0.4 is 4.90 Å². The predicted molar refractivity (Wildman–Crippen MR) is 95.4 cm³/mol. The number of anilines is 1. The van der Waals surface area contributed by atoms with Gasteiger partial charge in [-0.1, -0.05) is 6.07 Å². The third-order valence-electron chi connectivity index (χ3n) is 4.63. The lowest BCUT2D eigenvalue weighted by molar-refractivity contribution is 0.0766. The van der Waals surface area contributed by atoms with E-state index in [4.69, 9.17) is 0 Å². The molecule has 0 unspecified atom stereocenters. The molecule has 0 bridgehead atoms. The Kier molecular flexibility index (Phi) is 4.97. The first-order valence-electron chi connectivity index (χ1n) is 8.57. The van der Waals surface area contributed by atoms with E-state index in [0.717, 1.165) is 35.9 Å². The number of aryl methyl sites for hydroxylation is 2. The van der Waals surface area contributed by atoms with Crippen LogP contribution in [0.3, 0.4) is 0 Å². The van der Waals surface area contributed by atoms with Gasteiger partial charge >= 0.3 is 0 Å². The average molecular weight is 342 g/mol. The van der Waals surface area contributed by atoms with Crippen LogP contribution in [0.2, 0.25) is 0 Å². The Hall–Kier alpha value is -2.50. The fourth-order valence-corrected chi connectivity index (χ4v) is 3.19. The van der Waals surface area contributed by atoms with Crippen molar-refractivity contribution in [2.45, 2.75) is 27.2 Å². The SMILES string of the molecule is Cc1nc(C)c(C)c(N2CCCN(C(=O)c3cccc(F)c3)CC2)n1. The van der Waals surface area contributed by atoms with Gasteiger partial charge in [-0.15, -0.1) is 0 Å². The van der Waals surface area contributed by atoms with E-state index in [2.05, 4.69) is 14.9 Å². The number of carbonyl (C=O) groups excluding carboxylic acids is 1. The smallest absolute Gasteiger partial charge is 0.254 e. The van der Waals surface area contributed by atoms with E-state index in [1.165, 1.54) is 12.1 Å². The molecule has 2 aromatic rings. The van der Waals surface area contributed by atoms with Crippen molar-refractivity contribution < 1.29 is 9.18 Å². The molecule has 0 aliphatic carbocycles. The van der Waals surface area contributed by atoms with E-state index in [0.29, 0.717) is 25.2 Å². The van der Waals surface area contributed by atoms with Crippen LogP contribution in [-0.4, -0.2) is 47.0 Å². The quantitative estimate of drug-likeness (QED) is 0.842. The van der Waals surface area contributed by atoms with Crippen molar-refractivity contribution in [3.05, 3.63) is 52.7 Å². The van der Waals surface area contributed by atoms with Crippen molar-refractivity contribution in [2.75, 3.05) is 31.1 Å². The number of hydrogen-bond donors (Lipinski definition) is 0. The van der Waals surface area contributed by atoms with E-state index in [1.807, 2.05) is 20.8 Å². The largest absolute Gasteiger partial charge is 0.354 e. The number of halogens is 1. The molecule has 1 aromatic heterocycles. The van der Waals surface area contributed by atoms with Crippen molar-refractivity contribution >= 4 is 11.7 Å². The minimum absolute atomic E-state index is 0.117. The molecule has 1 amide bonds. The molecule has 0 saturated carbocycles. The Bertz CT molecular complexity index is 793. The molecule has 0 atom stereocenters. The first-order valence-corrected chi connectivity index (χ1v) is 8.57. The van der Waals surface area contributed by atoms with Gasteiger partial charge in [-0.3, -0.25) is 4.79 Å². The Balaban J connectivity index is 1.76. The van der Waals surface area contributed by atoms with Gasteiger partial charge in [0.25, 0.3) is 5.91 Å². The van der Waals surface area contributed by atoms with Crippen molar-refractivity contribution in [3.63, 3.8) is 0 Å².